The van der Waals surface area contributed by atoms with E-state index in [1.54, 1.807) is 7.11 Å². The Bertz CT molecular complexity index is 467. The number of benzene rings is 1. The molecule has 1 aromatic carbocycles. The first-order chi connectivity index (χ1) is 9.07. The number of hydrogen-bond acceptors (Lipinski definition) is 3. The normalized spacial score (nSPS) is 18.0. The number of carboxylic acids is 1. The predicted molar refractivity (Wildman–Crippen MR) is 74.5 cm³/mol. The minimum Gasteiger partial charge on any atom is -0.496 e. The molecule has 0 aliphatic carbocycles. The molecule has 0 unspecified atom stereocenters. The number of carboxylic acid groups (broad SMARTS) is 1. The molecular weight excluding hydrogens is 312 g/mol. The van der Waals surface area contributed by atoms with Crippen molar-refractivity contribution >= 4 is 21.9 Å². The highest BCUT2D eigenvalue weighted by Crippen LogP contribution is 2.36. The van der Waals surface area contributed by atoms with Crippen molar-refractivity contribution in [1.82, 2.24) is 0 Å². The van der Waals surface area contributed by atoms with Crippen LogP contribution < -0.4 is 4.74 Å². The summed E-state index contributed by atoms with van der Waals surface area (Å²) >= 11 is 3.43. The van der Waals surface area contributed by atoms with Gasteiger partial charge in [-0.15, -0.1) is 0 Å². The van der Waals surface area contributed by atoms with Crippen LogP contribution in [0.2, 0.25) is 0 Å². The van der Waals surface area contributed by atoms with Crippen LogP contribution in [-0.4, -0.2) is 31.4 Å². The number of aliphatic carboxylic acids is 1. The number of methoxy groups -OCH3 is 1. The van der Waals surface area contributed by atoms with Crippen LogP contribution in [0, 0.1) is 5.41 Å². The van der Waals surface area contributed by atoms with E-state index in [1.165, 1.54) is 0 Å². The van der Waals surface area contributed by atoms with Gasteiger partial charge in [0.25, 0.3) is 0 Å². The summed E-state index contributed by atoms with van der Waals surface area (Å²) in [6.07, 6.45) is 1.65. The van der Waals surface area contributed by atoms with Gasteiger partial charge in [0.05, 0.1) is 17.0 Å². The van der Waals surface area contributed by atoms with Crippen LogP contribution in [-0.2, 0) is 16.0 Å². The van der Waals surface area contributed by atoms with Gasteiger partial charge in [0, 0.05) is 13.2 Å². The van der Waals surface area contributed by atoms with E-state index < -0.39 is 11.4 Å². The molecule has 0 radical (unpaired) electrons. The average Bonchev–Trinajstić information content (AvgIpc) is 2.40. The molecule has 0 spiro atoms. The standard InChI is InChI=1S/C14H17BrO4/c1-18-12-3-2-10(8-11(12)15)9-14(13(16)17)4-6-19-7-5-14/h2-3,8H,4-7,9H2,1H3,(H,16,17). The highest BCUT2D eigenvalue weighted by atomic mass is 79.9. The Morgan fingerprint density at radius 3 is 2.68 bits per heavy atom. The summed E-state index contributed by atoms with van der Waals surface area (Å²) in [5, 5.41) is 9.53. The SMILES string of the molecule is COc1ccc(CC2(C(=O)O)CCOCC2)cc1Br. The smallest absolute Gasteiger partial charge is 0.310 e. The second-order valence-corrected chi connectivity index (χ2v) is 5.70. The fourth-order valence-electron chi connectivity index (χ4n) is 2.44. The molecule has 104 valence electrons. The summed E-state index contributed by atoms with van der Waals surface area (Å²) in [6.45, 7) is 1.03. The molecule has 1 fully saturated rings. The lowest BCUT2D eigenvalue weighted by Gasteiger charge is -2.33. The minimum atomic E-state index is -0.734. The molecule has 0 bridgehead atoms. The number of halogens is 1. The largest absolute Gasteiger partial charge is 0.496 e. The summed E-state index contributed by atoms with van der Waals surface area (Å²) < 4.78 is 11.3. The number of rotatable bonds is 4. The molecule has 1 saturated heterocycles. The Morgan fingerprint density at radius 2 is 2.16 bits per heavy atom. The Kier molecular flexibility index (Phi) is 4.47. The molecule has 1 heterocycles. The van der Waals surface area contributed by atoms with Crippen molar-refractivity contribution in [2.24, 2.45) is 5.41 Å². The van der Waals surface area contributed by atoms with Crippen LogP contribution in [0.4, 0.5) is 0 Å². The van der Waals surface area contributed by atoms with E-state index in [-0.39, 0.29) is 0 Å². The number of hydrogen-bond donors (Lipinski definition) is 1. The summed E-state index contributed by atoms with van der Waals surface area (Å²) in [5.41, 5.74) is 0.295. The number of ether oxygens (including phenoxy) is 2. The topological polar surface area (TPSA) is 55.8 Å². The molecule has 19 heavy (non-hydrogen) atoms. The molecule has 0 saturated carbocycles. The molecule has 0 amide bonds. The lowest BCUT2D eigenvalue weighted by Crippen LogP contribution is -2.39. The molecule has 0 aromatic heterocycles. The monoisotopic (exact) mass is 328 g/mol. The van der Waals surface area contributed by atoms with Gasteiger partial charge in [-0.2, -0.15) is 0 Å². The lowest BCUT2D eigenvalue weighted by molar-refractivity contribution is -0.154. The minimum absolute atomic E-state index is 0.517. The van der Waals surface area contributed by atoms with Gasteiger partial charge < -0.3 is 14.6 Å². The van der Waals surface area contributed by atoms with Gasteiger partial charge in [-0.1, -0.05) is 6.07 Å². The van der Waals surface area contributed by atoms with Gasteiger partial charge >= 0.3 is 5.97 Å². The molecule has 5 heteroatoms. The fourth-order valence-corrected chi connectivity index (χ4v) is 3.03. The van der Waals surface area contributed by atoms with Gasteiger partial charge in [0.1, 0.15) is 5.75 Å². The van der Waals surface area contributed by atoms with Crippen LogP contribution in [0.15, 0.2) is 22.7 Å². The maximum Gasteiger partial charge on any atom is 0.310 e. The summed E-state index contributed by atoms with van der Waals surface area (Å²) in [4.78, 5) is 11.6. The van der Waals surface area contributed by atoms with Crippen LogP contribution >= 0.6 is 15.9 Å². The third-order valence-electron chi connectivity index (χ3n) is 3.66. The first kappa shape index (κ1) is 14.3. The number of carbonyl (C=O) groups is 1. The predicted octanol–water partition coefficient (Wildman–Crippen LogP) is 2.88. The zero-order chi connectivity index (χ0) is 13.9. The van der Waals surface area contributed by atoms with Crippen LogP contribution in [0.3, 0.4) is 0 Å². The highest BCUT2D eigenvalue weighted by molar-refractivity contribution is 9.10. The second kappa shape index (κ2) is 5.92. The van der Waals surface area contributed by atoms with Crippen molar-refractivity contribution < 1.29 is 19.4 Å². The van der Waals surface area contributed by atoms with E-state index in [4.69, 9.17) is 9.47 Å². The van der Waals surface area contributed by atoms with Crippen molar-refractivity contribution in [2.45, 2.75) is 19.3 Å². The molecule has 1 aromatic rings. The van der Waals surface area contributed by atoms with Crippen molar-refractivity contribution in [2.75, 3.05) is 20.3 Å². The molecule has 2 rings (SSSR count). The van der Waals surface area contributed by atoms with Crippen molar-refractivity contribution in [1.29, 1.82) is 0 Å². The van der Waals surface area contributed by atoms with Crippen molar-refractivity contribution in [3.05, 3.63) is 28.2 Å². The van der Waals surface area contributed by atoms with Gasteiger partial charge in [-0.25, -0.2) is 0 Å². The first-order valence-electron chi connectivity index (χ1n) is 6.21. The molecule has 0 atom stereocenters. The fraction of sp³-hybridized carbons (Fsp3) is 0.500. The summed E-state index contributed by atoms with van der Waals surface area (Å²) in [7, 11) is 1.61. The van der Waals surface area contributed by atoms with Crippen LogP contribution in [0.5, 0.6) is 5.75 Å². The zero-order valence-electron chi connectivity index (χ0n) is 10.8. The van der Waals surface area contributed by atoms with Crippen LogP contribution in [0.1, 0.15) is 18.4 Å². The van der Waals surface area contributed by atoms with E-state index in [1.807, 2.05) is 18.2 Å². The molecule has 1 aliphatic rings. The van der Waals surface area contributed by atoms with E-state index in [9.17, 15) is 9.90 Å². The maximum atomic E-state index is 11.6. The van der Waals surface area contributed by atoms with Gasteiger partial charge in [-0.3, -0.25) is 4.79 Å². The van der Waals surface area contributed by atoms with E-state index >= 15 is 0 Å². The van der Waals surface area contributed by atoms with Crippen LogP contribution in [0.25, 0.3) is 0 Å². The van der Waals surface area contributed by atoms with Crippen molar-refractivity contribution in [3.63, 3.8) is 0 Å². The van der Waals surface area contributed by atoms with Crippen molar-refractivity contribution in [3.8, 4) is 5.75 Å². The molecule has 4 nitrogen and oxygen atoms in total. The Balaban J connectivity index is 2.22. The van der Waals surface area contributed by atoms with Gasteiger partial charge in [0.2, 0.25) is 0 Å². The summed E-state index contributed by atoms with van der Waals surface area (Å²) in [5.74, 6) is 0.0165. The molecule has 1 N–H and O–H groups in total. The van der Waals surface area contributed by atoms with E-state index in [2.05, 4.69) is 15.9 Å². The second-order valence-electron chi connectivity index (χ2n) is 4.84. The van der Waals surface area contributed by atoms with E-state index in [0.717, 1.165) is 15.8 Å². The quantitative estimate of drug-likeness (QED) is 0.923. The Morgan fingerprint density at radius 1 is 1.47 bits per heavy atom. The average molecular weight is 329 g/mol. The summed E-state index contributed by atoms with van der Waals surface area (Å²) in [6, 6.07) is 5.71. The molecular formula is C14H17BrO4. The highest BCUT2D eigenvalue weighted by Gasteiger charge is 2.40. The Hall–Kier alpha value is -1.07. The molecule has 1 aliphatic heterocycles. The first-order valence-corrected chi connectivity index (χ1v) is 7.00. The Labute approximate surface area is 120 Å². The van der Waals surface area contributed by atoms with Gasteiger partial charge in [0.15, 0.2) is 0 Å². The maximum absolute atomic E-state index is 11.6. The third-order valence-corrected chi connectivity index (χ3v) is 4.28. The van der Waals surface area contributed by atoms with E-state index in [0.29, 0.717) is 32.5 Å². The lowest BCUT2D eigenvalue weighted by atomic mass is 9.75. The zero-order valence-corrected chi connectivity index (χ0v) is 12.4. The van der Waals surface area contributed by atoms with Gasteiger partial charge in [-0.05, 0) is 52.9 Å². The third kappa shape index (κ3) is 3.09.